The molecule has 1 N–H and O–H groups in total. The number of fused-ring (bicyclic) bond motifs is 1. The first kappa shape index (κ1) is 20.0. The van der Waals surface area contributed by atoms with Crippen LogP contribution in [0.4, 0.5) is 10.7 Å². The van der Waals surface area contributed by atoms with Crippen molar-refractivity contribution in [3.8, 4) is 0 Å². The number of carbonyl (C=O) groups is 2. The summed E-state index contributed by atoms with van der Waals surface area (Å²) >= 11 is 1.46. The van der Waals surface area contributed by atoms with E-state index in [9.17, 15) is 19.7 Å². The number of aromatic nitrogens is 2. The van der Waals surface area contributed by atoms with Crippen LogP contribution in [0.3, 0.4) is 0 Å². The Kier molecular flexibility index (Phi) is 6.40. The molecule has 0 radical (unpaired) electrons. The lowest BCUT2D eigenvalue weighted by Crippen LogP contribution is -2.15. The molecule has 0 spiro atoms. The van der Waals surface area contributed by atoms with Gasteiger partial charge in [-0.05, 0) is 37.7 Å². The van der Waals surface area contributed by atoms with E-state index in [1.54, 1.807) is 0 Å². The van der Waals surface area contributed by atoms with Crippen LogP contribution in [0.25, 0.3) is 0 Å². The highest BCUT2D eigenvalue weighted by molar-refractivity contribution is 7.17. The van der Waals surface area contributed by atoms with Gasteiger partial charge in [0.25, 0.3) is 0 Å². The monoisotopic (exact) mass is 406 g/mol. The minimum absolute atomic E-state index is 0.0766. The number of rotatable bonds is 7. The zero-order chi connectivity index (χ0) is 20.1. The predicted octanol–water partition coefficient (Wildman–Crippen LogP) is 3.33. The largest absolute Gasteiger partial charge is 0.465 e. The lowest BCUT2D eigenvalue weighted by molar-refractivity contribution is -0.385. The lowest BCUT2D eigenvalue weighted by atomic mass is 10.1. The number of hydrogen-bond acceptors (Lipinski definition) is 7. The maximum absolute atomic E-state index is 12.4. The van der Waals surface area contributed by atoms with Crippen LogP contribution in [0.15, 0.2) is 12.4 Å². The number of nitrogens with zero attached hydrogens (tertiary/aromatic N) is 3. The highest BCUT2D eigenvalue weighted by Crippen LogP contribution is 2.38. The number of hydrogen-bond donors (Lipinski definition) is 1. The van der Waals surface area contributed by atoms with E-state index in [0.717, 1.165) is 42.5 Å². The van der Waals surface area contributed by atoms with Crippen molar-refractivity contribution in [2.75, 3.05) is 12.4 Å². The van der Waals surface area contributed by atoms with Crippen LogP contribution in [-0.4, -0.2) is 33.7 Å². The van der Waals surface area contributed by atoms with Crippen LogP contribution in [0.5, 0.6) is 0 Å². The molecule has 0 aliphatic heterocycles. The average molecular weight is 406 g/mol. The smallest absolute Gasteiger partial charge is 0.341 e. The molecule has 0 atom stereocenters. The Morgan fingerprint density at radius 1 is 1.36 bits per heavy atom. The van der Waals surface area contributed by atoms with Crippen molar-refractivity contribution >= 4 is 33.9 Å². The third-order valence-corrected chi connectivity index (χ3v) is 5.89. The van der Waals surface area contributed by atoms with Gasteiger partial charge in [0, 0.05) is 17.8 Å². The van der Waals surface area contributed by atoms with Crippen LogP contribution < -0.4 is 5.32 Å². The number of esters is 1. The van der Waals surface area contributed by atoms with Crippen molar-refractivity contribution < 1.29 is 19.2 Å². The van der Waals surface area contributed by atoms with Gasteiger partial charge in [-0.25, -0.2) is 4.79 Å². The highest BCUT2D eigenvalue weighted by Gasteiger charge is 2.26. The number of carbonyl (C=O) groups excluding carboxylic acids is 2. The summed E-state index contributed by atoms with van der Waals surface area (Å²) in [5.74, 6) is -0.623. The number of anilines is 1. The van der Waals surface area contributed by atoms with E-state index in [0.29, 0.717) is 23.5 Å². The van der Waals surface area contributed by atoms with Gasteiger partial charge in [0.05, 0.1) is 17.6 Å². The van der Waals surface area contributed by atoms with E-state index in [4.69, 9.17) is 4.74 Å². The number of thiophene rings is 1. The third kappa shape index (κ3) is 4.56. The molecule has 0 saturated carbocycles. The Balaban J connectivity index is 1.63. The maximum atomic E-state index is 12.4. The van der Waals surface area contributed by atoms with E-state index in [-0.39, 0.29) is 18.0 Å². The molecule has 0 bridgehead atoms. The van der Waals surface area contributed by atoms with Crippen molar-refractivity contribution in [1.29, 1.82) is 0 Å². The first-order valence-electron chi connectivity index (χ1n) is 9.19. The first-order valence-corrected chi connectivity index (χ1v) is 10.0. The van der Waals surface area contributed by atoms with Crippen LogP contribution in [-0.2, 0) is 28.9 Å². The summed E-state index contributed by atoms with van der Waals surface area (Å²) in [6, 6.07) is 0. The molecule has 2 aromatic rings. The Bertz CT molecular complexity index is 889. The zero-order valence-electron chi connectivity index (χ0n) is 15.6. The number of amides is 1. The Morgan fingerprint density at radius 3 is 2.86 bits per heavy atom. The van der Waals surface area contributed by atoms with Gasteiger partial charge in [0.2, 0.25) is 5.91 Å². The van der Waals surface area contributed by atoms with Crippen molar-refractivity contribution in [3.63, 3.8) is 0 Å². The zero-order valence-corrected chi connectivity index (χ0v) is 16.4. The molecule has 1 amide bonds. The minimum Gasteiger partial charge on any atom is -0.465 e. The summed E-state index contributed by atoms with van der Waals surface area (Å²) in [6.45, 7) is 0.395. The molecular formula is C18H22N4O5S. The topological polar surface area (TPSA) is 116 Å². The van der Waals surface area contributed by atoms with Crippen LogP contribution in [0, 0.1) is 10.1 Å². The van der Waals surface area contributed by atoms with Gasteiger partial charge in [-0.1, -0.05) is 6.42 Å². The second kappa shape index (κ2) is 8.96. The Morgan fingerprint density at radius 2 is 2.14 bits per heavy atom. The van der Waals surface area contributed by atoms with Crippen molar-refractivity contribution in [1.82, 2.24) is 9.78 Å². The van der Waals surface area contributed by atoms with E-state index in [1.807, 2.05) is 0 Å². The van der Waals surface area contributed by atoms with Gasteiger partial charge in [-0.15, -0.1) is 11.3 Å². The fourth-order valence-corrected chi connectivity index (χ4v) is 4.60. The van der Waals surface area contributed by atoms with Gasteiger partial charge in [0.1, 0.15) is 17.4 Å². The fraction of sp³-hybridized carbons (Fsp3) is 0.500. The molecule has 9 nitrogen and oxygen atoms in total. The van der Waals surface area contributed by atoms with E-state index < -0.39 is 10.9 Å². The number of ether oxygens (including phenoxy) is 1. The molecule has 0 aromatic carbocycles. The van der Waals surface area contributed by atoms with Gasteiger partial charge in [-0.2, -0.15) is 5.10 Å². The van der Waals surface area contributed by atoms with E-state index in [2.05, 4.69) is 10.4 Å². The average Bonchev–Trinajstić information content (AvgIpc) is 3.20. The molecule has 1 aliphatic rings. The molecule has 10 heteroatoms. The van der Waals surface area contributed by atoms with Crippen LogP contribution >= 0.6 is 11.3 Å². The van der Waals surface area contributed by atoms with Gasteiger partial charge >= 0.3 is 11.7 Å². The summed E-state index contributed by atoms with van der Waals surface area (Å²) < 4.78 is 6.38. The summed E-state index contributed by atoms with van der Waals surface area (Å²) in [7, 11) is 1.35. The normalized spacial score (nSPS) is 13.5. The first-order chi connectivity index (χ1) is 13.5. The molecule has 1 aliphatic carbocycles. The standard InChI is InChI=1S/C18H22N4O5S/c1-27-18(24)16-13-6-3-2-4-7-14(13)28-17(16)20-15(23)8-5-9-21-11-12(10-19-21)22(25)26/h10-11H,2-9H2,1H3,(H,20,23). The molecule has 28 heavy (non-hydrogen) atoms. The molecule has 3 rings (SSSR count). The van der Waals surface area contributed by atoms with Gasteiger partial charge in [-0.3, -0.25) is 19.6 Å². The highest BCUT2D eigenvalue weighted by atomic mass is 32.1. The summed E-state index contributed by atoms with van der Waals surface area (Å²) in [4.78, 5) is 36.0. The minimum atomic E-state index is -0.509. The van der Waals surface area contributed by atoms with Gasteiger partial charge < -0.3 is 10.1 Å². The lowest BCUT2D eigenvalue weighted by Gasteiger charge is -2.07. The number of methoxy groups -OCH3 is 1. The summed E-state index contributed by atoms with van der Waals surface area (Å²) in [5.41, 5.74) is 1.42. The number of aryl methyl sites for hydroxylation is 2. The maximum Gasteiger partial charge on any atom is 0.341 e. The molecule has 2 aromatic heterocycles. The quantitative estimate of drug-likeness (QED) is 0.326. The predicted molar refractivity (Wildman–Crippen MR) is 104 cm³/mol. The molecule has 0 saturated heterocycles. The van der Waals surface area contributed by atoms with E-state index >= 15 is 0 Å². The number of nitro groups is 1. The Hall–Kier alpha value is -2.75. The fourth-order valence-electron chi connectivity index (χ4n) is 3.31. The molecule has 0 fully saturated rings. The van der Waals surface area contributed by atoms with Crippen molar-refractivity contribution in [3.05, 3.63) is 38.5 Å². The summed E-state index contributed by atoms with van der Waals surface area (Å²) in [6.07, 6.45) is 8.19. The molecule has 2 heterocycles. The summed E-state index contributed by atoms with van der Waals surface area (Å²) in [5, 5.41) is 18.0. The second-order valence-corrected chi connectivity index (χ2v) is 7.74. The van der Waals surface area contributed by atoms with Crippen LogP contribution in [0.2, 0.25) is 0 Å². The second-order valence-electron chi connectivity index (χ2n) is 6.63. The van der Waals surface area contributed by atoms with Crippen LogP contribution in [0.1, 0.15) is 52.9 Å². The molecular weight excluding hydrogens is 384 g/mol. The third-order valence-electron chi connectivity index (χ3n) is 4.69. The SMILES string of the molecule is COC(=O)c1c(NC(=O)CCCn2cc([N+](=O)[O-])cn2)sc2c1CCCCC2. The van der Waals surface area contributed by atoms with E-state index in [1.165, 1.54) is 35.5 Å². The van der Waals surface area contributed by atoms with Gasteiger partial charge in [0.15, 0.2) is 0 Å². The molecule has 150 valence electrons. The van der Waals surface area contributed by atoms with Crippen molar-refractivity contribution in [2.45, 2.75) is 51.5 Å². The Labute approximate surface area is 165 Å². The molecule has 0 unspecified atom stereocenters. The number of nitrogens with one attached hydrogen (secondary N) is 1. The van der Waals surface area contributed by atoms with Crippen molar-refractivity contribution in [2.24, 2.45) is 0 Å².